The van der Waals surface area contributed by atoms with Crippen LogP contribution in [0.4, 0.5) is 4.39 Å². The average molecular weight is 434 g/mol. The summed E-state index contributed by atoms with van der Waals surface area (Å²) < 4.78 is 16.5. The molecule has 0 atom stereocenters. The van der Waals surface area contributed by atoms with Gasteiger partial charge < -0.3 is 10.3 Å². The molecule has 0 aliphatic carbocycles. The van der Waals surface area contributed by atoms with E-state index < -0.39 is 11.5 Å². The van der Waals surface area contributed by atoms with Crippen LogP contribution in [0.5, 0.6) is 5.75 Å². The van der Waals surface area contributed by atoms with Gasteiger partial charge in [-0.2, -0.15) is 4.98 Å². The third-order valence-corrected chi connectivity index (χ3v) is 5.58. The zero-order valence-corrected chi connectivity index (χ0v) is 18.5. The fourth-order valence-corrected chi connectivity index (χ4v) is 4.08. The van der Waals surface area contributed by atoms with Crippen molar-refractivity contribution in [3.8, 4) is 22.7 Å². The van der Waals surface area contributed by atoms with Gasteiger partial charge in [-0.3, -0.25) is 4.98 Å². The number of hydrogen-bond donors (Lipinski definition) is 1. The SMILES string of the molecule is Cc1ccnc(C(C)C)c1-n1c(=O)nc(C)c2cc(C)c(-c3c(O)cccc3F)[n+]([O-])c21. The van der Waals surface area contributed by atoms with Crippen LogP contribution >= 0.6 is 0 Å². The first-order chi connectivity index (χ1) is 15.1. The molecule has 4 rings (SSSR count). The predicted octanol–water partition coefficient (Wildman–Crippen LogP) is 3.97. The molecule has 0 saturated heterocycles. The van der Waals surface area contributed by atoms with Gasteiger partial charge in [-0.1, -0.05) is 19.9 Å². The van der Waals surface area contributed by atoms with Gasteiger partial charge >= 0.3 is 11.3 Å². The van der Waals surface area contributed by atoms with Gasteiger partial charge in [0.05, 0.1) is 22.3 Å². The highest BCUT2D eigenvalue weighted by Gasteiger charge is 2.28. The molecule has 1 N–H and O–H groups in total. The average Bonchev–Trinajstić information content (AvgIpc) is 2.71. The molecule has 0 amide bonds. The minimum absolute atomic E-state index is 0.00348. The molecular weight excluding hydrogens is 411 g/mol. The Hall–Kier alpha value is -3.81. The van der Waals surface area contributed by atoms with Crippen molar-refractivity contribution in [3.05, 3.63) is 80.6 Å². The fourth-order valence-electron chi connectivity index (χ4n) is 4.08. The summed E-state index contributed by atoms with van der Waals surface area (Å²) in [6, 6.07) is 7.29. The molecule has 3 aromatic heterocycles. The molecule has 164 valence electrons. The van der Waals surface area contributed by atoms with Crippen molar-refractivity contribution < 1.29 is 14.2 Å². The van der Waals surface area contributed by atoms with Crippen LogP contribution in [0.3, 0.4) is 0 Å². The molecule has 4 aromatic rings. The number of nitrogens with zero attached hydrogens (tertiary/aromatic N) is 4. The molecule has 32 heavy (non-hydrogen) atoms. The Labute approximate surface area is 184 Å². The number of aromatic hydroxyl groups is 1. The standard InChI is InChI=1S/C24H23FN4O3/c1-12(2)20-22(13(3)9-10-26-20)28-23-16(15(5)27-24(28)31)11-14(4)21(29(23)32)19-17(25)7-6-8-18(19)30/h6-12,30H,1-5H3. The lowest BCUT2D eigenvalue weighted by atomic mass is 10.0. The first-order valence-electron chi connectivity index (χ1n) is 10.2. The number of pyridine rings is 2. The normalized spacial score (nSPS) is 11.5. The van der Waals surface area contributed by atoms with Crippen LogP contribution in [0.15, 0.2) is 41.3 Å². The number of hydrogen-bond acceptors (Lipinski definition) is 5. The molecule has 0 radical (unpaired) electrons. The molecule has 0 aliphatic rings. The Morgan fingerprint density at radius 3 is 2.53 bits per heavy atom. The van der Waals surface area contributed by atoms with Crippen molar-refractivity contribution >= 4 is 11.0 Å². The number of halogens is 1. The molecular formula is C24H23FN4O3. The molecule has 0 bridgehead atoms. The van der Waals surface area contributed by atoms with Gasteiger partial charge in [0.25, 0.3) is 0 Å². The Balaban J connectivity index is 2.25. The summed E-state index contributed by atoms with van der Waals surface area (Å²) in [5.74, 6) is -1.14. The van der Waals surface area contributed by atoms with Crippen molar-refractivity contribution in [2.24, 2.45) is 0 Å². The van der Waals surface area contributed by atoms with E-state index in [0.29, 0.717) is 32.8 Å². The minimum Gasteiger partial charge on any atom is -0.710 e. The zero-order chi connectivity index (χ0) is 23.3. The van der Waals surface area contributed by atoms with E-state index in [1.54, 1.807) is 32.2 Å². The molecule has 1 aromatic carbocycles. The number of phenolic OH excluding ortho intramolecular Hbond substituents is 1. The van der Waals surface area contributed by atoms with Crippen LogP contribution in [0.25, 0.3) is 28.0 Å². The molecule has 0 unspecified atom stereocenters. The highest BCUT2D eigenvalue weighted by atomic mass is 19.1. The van der Waals surface area contributed by atoms with Gasteiger partial charge in [0, 0.05) is 6.20 Å². The lowest BCUT2D eigenvalue weighted by molar-refractivity contribution is -0.568. The smallest absolute Gasteiger partial charge is 0.440 e. The minimum atomic E-state index is -0.739. The van der Waals surface area contributed by atoms with Gasteiger partial charge in [-0.15, -0.1) is 4.57 Å². The molecule has 3 heterocycles. The second-order valence-corrected chi connectivity index (χ2v) is 8.17. The van der Waals surface area contributed by atoms with E-state index in [0.717, 1.165) is 5.56 Å². The number of phenols is 1. The Morgan fingerprint density at radius 1 is 1.16 bits per heavy atom. The van der Waals surface area contributed by atoms with Gasteiger partial charge in [-0.25, -0.2) is 13.9 Å². The molecule has 0 spiro atoms. The number of fused-ring (bicyclic) bond motifs is 1. The summed E-state index contributed by atoms with van der Waals surface area (Å²) in [5.41, 5.74) is 1.75. The summed E-state index contributed by atoms with van der Waals surface area (Å²) >= 11 is 0. The quantitative estimate of drug-likeness (QED) is 0.389. The van der Waals surface area contributed by atoms with E-state index in [2.05, 4.69) is 9.97 Å². The number of rotatable bonds is 3. The summed E-state index contributed by atoms with van der Waals surface area (Å²) in [6.45, 7) is 9.01. The van der Waals surface area contributed by atoms with E-state index in [4.69, 9.17) is 0 Å². The molecule has 0 saturated carbocycles. The van der Waals surface area contributed by atoms with Crippen molar-refractivity contribution in [3.63, 3.8) is 0 Å². The summed E-state index contributed by atoms with van der Waals surface area (Å²) in [5, 5.41) is 24.6. The number of aromatic nitrogens is 4. The third-order valence-electron chi connectivity index (χ3n) is 5.58. The van der Waals surface area contributed by atoms with Crippen molar-refractivity contribution in [1.29, 1.82) is 0 Å². The lowest BCUT2D eigenvalue weighted by Crippen LogP contribution is -2.39. The van der Waals surface area contributed by atoms with Crippen molar-refractivity contribution in [1.82, 2.24) is 14.5 Å². The van der Waals surface area contributed by atoms with Crippen molar-refractivity contribution in [2.45, 2.75) is 40.5 Å². The first-order valence-corrected chi connectivity index (χ1v) is 10.2. The van der Waals surface area contributed by atoms with Crippen LogP contribution in [-0.4, -0.2) is 19.6 Å². The fraction of sp³-hybridized carbons (Fsp3) is 0.250. The first kappa shape index (κ1) is 21.4. The maximum absolute atomic E-state index is 14.7. The molecule has 0 fully saturated rings. The van der Waals surface area contributed by atoms with Crippen LogP contribution in [-0.2, 0) is 0 Å². The van der Waals surface area contributed by atoms with E-state index in [1.165, 1.54) is 22.8 Å². The van der Waals surface area contributed by atoms with E-state index in [1.807, 2.05) is 20.8 Å². The Kier molecular flexibility index (Phi) is 5.16. The van der Waals surface area contributed by atoms with Gasteiger partial charge in [0.15, 0.2) is 5.69 Å². The van der Waals surface area contributed by atoms with Crippen LogP contribution in [0.2, 0.25) is 0 Å². The predicted molar refractivity (Wildman–Crippen MR) is 119 cm³/mol. The highest BCUT2D eigenvalue weighted by Crippen LogP contribution is 2.34. The summed E-state index contributed by atoms with van der Waals surface area (Å²) in [4.78, 5) is 21.7. The molecule has 8 heteroatoms. The van der Waals surface area contributed by atoms with Gasteiger partial charge in [0.2, 0.25) is 0 Å². The van der Waals surface area contributed by atoms with Gasteiger partial charge in [-0.05, 0) is 62.1 Å². The van der Waals surface area contributed by atoms with Crippen molar-refractivity contribution in [2.75, 3.05) is 0 Å². The molecule has 7 nitrogen and oxygen atoms in total. The summed E-state index contributed by atoms with van der Waals surface area (Å²) in [7, 11) is 0. The Morgan fingerprint density at radius 2 is 1.88 bits per heavy atom. The largest absolute Gasteiger partial charge is 0.710 e. The van der Waals surface area contributed by atoms with Crippen LogP contribution in [0, 0.1) is 31.8 Å². The van der Waals surface area contributed by atoms with Crippen LogP contribution < -0.4 is 10.4 Å². The van der Waals surface area contributed by atoms with E-state index in [9.17, 15) is 19.5 Å². The maximum atomic E-state index is 14.7. The molecule has 0 aliphatic heterocycles. The summed E-state index contributed by atoms with van der Waals surface area (Å²) in [6.07, 6.45) is 1.65. The number of aryl methyl sites for hydroxylation is 3. The monoisotopic (exact) mass is 434 g/mol. The highest BCUT2D eigenvalue weighted by molar-refractivity contribution is 5.81. The van der Waals surface area contributed by atoms with E-state index >= 15 is 0 Å². The van der Waals surface area contributed by atoms with Crippen LogP contribution in [0.1, 0.15) is 42.3 Å². The number of benzene rings is 1. The third kappa shape index (κ3) is 3.19. The second-order valence-electron chi connectivity index (χ2n) is 8.17. The zero-order valence-electron chi connectivity index (χ0n) is 18.5. The maximum Gasteiger partial charge on any atom is 0.440 e. The van der Waals surface area contributed by atoms with E-state index in [-0.39, 0.29) is 28.6 Å². The lowest BCUT2D eigenvalue weighted by Gasteiger charge is -2.20. The second kappa shape index (κ2) is 7.71. The Bertz CT molecular complexity index is 1420. The van der Waals surface area contributed by atoms with Gasteiger partial charge in [0.1, 0.15) is 17.3 Å². The topological polar surface area (TPSA) is 95.0 Å².